The minimum atomic E-state index is -4.38. The van der Waals surface area contributed by atoms with Gasteiger partial charge in [0.25, 0.3) is 0 Å². The summed E-state index contributed by atoms with van der Waals surface area (Å²) in [6, 6.07) is 4.98. The van der Waals surface area contributed by atoms with Crippen molar-refractivity contribution in [2.45, 2.75) is 12.7 Å². The number of nitrogens with one attached hydrogen (secondary N) is 3. The summed E-state index contributed by atoms with van der Waals surface area (Å²) >= 11 is 0. The van der Waals surface area contributed by atoms with E-state index in [0.29, 0.717) is 11.5 Å². The van der Waals surface area contributed by atoms with Gasteiger partial charge in [0.05, 0.1) is 11.8 Å². The third-order valence-electron chi connectivity index (χ3n) is 2.72. The second kappa shape index (κ2) is 8.16. The van der Waals surface area contributed by atoms with E-state index in [9.17, 15) is 21.6 Å². The highest BCUT2D eigenvalue weighted by atomic mass is 32.2. The lowest BCUT2D eigenvalue weighted by molar-refractivity contribution is -0.137. The van der Waals surface area contributed by atoms with Gasteiger partial charge in [0.15, 0.2) is 5.96 Å². The number of hydrogen-bond donors (Lipinski definition) is 3. The molecule has 0 aromatic heterocycles. The van der Waals surface area contributed by atoms with Gasteiger partial charge in [0, 0.05) is 26.7 Å². The molecule has 0 heterocycles. The number of halogens is 3. The second-order valence-corrected chi connectivity index (χ2v) is 6.55. The number of guanidine groups is 1. The van der Waals surface area contributed by atoms with E-state index in [1.807, 2.05) is 0 Å². The summed E-state index contributed by atoms with van der Waals surface area (Å²) in [5.41, 5.74) is -0.255. The highest BCUT2D eigenvalue weighted by Crippen LogP contribution is 2.29. The Balaban J connectivity index is 2.49. The summed E-state index contributed by atoms with van der Waals surface area (Å²) in [4.78, 5) is 3.90. The number of sulfonamides is 1. The first-order valence-corrected chi connectivity index (χ1v) is 8.56. The number of alkyl halides is 3. The van der Waals surface area contributed by atoms with Crippen LogP contribution in [0.3, 0.4) is 0 Å². The fourth-order valence-corrected chi connectivity index (χ4v) is 2.15. The smallest absolute Gasteiger partial charge is 0.355 e. The van der Waals surface area contributed by atoms with Crippen molar-refractivity contribution >= 4 is 16.0 Å². The van der Waals surface area contributed by atoms with Gasteiger partial charge in [-0.25, -0.2) is 13.1 Å². The number of nitrogens with zero attached hydrogens (tertiary/aromatic N) is 1. The van der Waals surface area contributed by atoms with Crippen molar-refractivity contribution in [3.8, 4) is 0 Å². The molecule has 0 aliphatic heterocycles. The van der Waals surface area contributed by atoms with Crippen molar-refractivity contribution in [2.24, 2.45) is 4.99 Å². The van der Waals surface area contributed by atoms with Crippen molar-refractivity contribution in [3.63, 3.8) is 0 Å². The SMILES string of the molecule is CN=C(NCCNS(C)(=O)=O)NCc1cccc(C(F)(F)F)c1. The van der Waals surface area contributed by atoms with Crippen LogP contribution in [-0.4, -0.2) is 40.8 Å². The Hall–Kier alpha value is -1.81. The zero-order chi connectivity index (χ0) is 17.5. The van der Waals surface area contributed by atoms with E-state index in [1.54, 1.807) is 6.07 Å². The Bertz CT molecular complexity index is 645. The molecule has 0 aliphatic carbocycles. The summed E-state index contributed by atoms with van der Waals surface area (Å²) in [6.07, 6.45) is -3.33. The average molecular weight is 352 g/mol. The largest absolute Gasteiger partial charge is 0.416 e. The molecule has 0 amide bonds. The summed E-state index contributed by atoms with van der Waals surface area (Å²) in [6.45, 7) is 0.613. The van der Waals surface area contributed by atoms with E-state index < -0.39 is 21.8 Å². The van der Waals surface area contributed by atoms with Crippen molar-refractivity contribution in [3.05, 3.63) is 35.4 Å². The monoisotopic (exact) mass is 352 g/mol. The van der Waals surface area contributed by atoms with Crippen molar-refractivity contribution < 1.29 is 21.6 Å². The molecule has 1 aromatic carbocycles. The molecule has 0 saturated heterocycles. The van der Waals surface area contributed by atoms with Crippen molar-refractivity contribution in [1.29, 1.82) is 0 Å². The van der Waals surface area contributed by atoms with Crippen LogP contribution in [0.2, 0.25) is 0 Å². The van der Waals surface area contributed by atoms with E-state index in [1.165, 1.54) is 13.1 Å². The van der Waals surface area contributed by atoms with Crippen LogP contribution in [0.5, 0.6) is 0 Å². The first-order valence-electron chi connectivity index (χ1n) is 6.67. The lowest BCUT2D eigenvalue weighted by atomic mass is 10.1. The second-order valence-electron chi connectivity index (χ2n) is 4.72. The first-order chi connectivity index (χ1) is 10.6. The lowest BCUT2D eigenvalue weighted by Crippen LogP contribution is -2.41. The summed E-state index contributed by atoms with van der Waals surface area (Å²) < 4.78 is 62.0. The Labute approximate surface area is 133 Å². The van der Waals surface area contributed by atoms with Gasteiger partial charge in [-0.1, -0.05) is 12.1 Å². The predicted molar refractivity (Wildman–Crippen MR) is 82.5 cm³/mol. The van der Waals surface area contributed by atoms with E-state index in [0.717, 1.165) is 18.4 Å². The van der Waals surface area contributed by atoms with Crippen LogP contribution >= 0.6 is 0 Å². The molecule has 0 unspecified atom stereocenters. The molecule has 3 N–H and O–H groups in total. The maximum absolute atomic E-state index is 12.6. The Morgan fingerprint density at radius 1 is 1.22 bits per heavy atom. The standard InChI is InChI=1S/C13H19F3N4O2S/c1-17-12(18-6-7-20-23(2,21)22)19-9-10-4-3-5-11(8-10)13(14,15)16/h3-5,8,20H,6-7,9H2,1-2H3,(H2,17,18,19). The quantitative estimate of drug-likeness (QED) is 0.404. The molecule has 23 heavy (non-hydrogen) atoms. The topological polar surface area (TPSA) is 82.6 Å². The van der Waals surface area contributed by atoms with Crippen molar-refractivity contribution in [2.75, 3.05) is 26.4 Å². The Morgan fingerprint density at radius 3 is 2.48 bits per heavy atom. The van der Waals surface area contributed by atoms with Gasteiger partial charge in [-0.15, -0.1) is 0 Å². The van der Waals surface area contributed by atoms with Crippen LogP contribution in [-0.2, 0) is 22.7 Å². The minimum absolute atomic E-state index is 0.156. The fraction of sp³-hybridized carbons (Fsp3) is 0.462. The van der Waals surface area contributed by atoms with Crippen LogP contribution < -0.4 is 15.4 Å². The normalized spacial score (nSPS) is 13.0. The number of aliphatic imine (C=N–C) groups is 1. The molecule has 0 spiro atoms. The molecule has 10 heteroatoms. The van der Waals surface area contributed by atoms with Crippen LogP contribution in [0.25, 0.3) is 0 Å². The lowest BCUT2D eigenvalue weighted by Gasteiger charge is -2.13. The van der Waals surface area contributed by atoms with E-state index >= 15 is 0 Å². The van der Waals surface area contributed by atoms with E-state index in [2.05, 4.69) is 20.3 Å². The molecule has 130 valence electrons. The average Bonchev–Trinajstić information content (AvgIpc) is 2.45. The zero-order valence-electron chi connectivity index (χ0n) is 12.7. The maximum Gasteiger partial charge on any atom is 0.416 e. The van der Waals surface area contributed by atoms with E-state index in [4.69, 9.17) is 0 Å². The summed E-state index contributed by atoms with van der Waals surface area (Å²) in [7, 11) is -1.75. The maximum atomic E-state index is 12.6. The third-order valence-corrected chi connectivity index (χ3v) is 3.45. The fourth-order valence-electron chi connectivity index (χ4n) is 1.68. The van der Waals surface area contributed by atoms with Gasteiger partial charge in [0.1, 0.15) is 0 Å². The predicted octanol–water partition coefficient (Wildman–Crippen LogP) is 0.920. The number of rotatable bonds is 6. The van der Waals surface area contributed by atoms with Crippen LogP contribution in [0.15, 0.2) is 29.3 Å². The van der Waals surface area contributed by atoms with Crippen LogP contribution in [0.4, 0.5) is 13.2 Å². The van der Waals surface area contributed by atoms with Gasteiger partial charge < -0.3 is 10.6 Å². The first kappa shape index (κ1) is 19.2. The molecule has 0 aliphatic rings. The molecular weight excluding hydrogens is 333 g/mol. The van der Waals surface area contributed by atoms with Crippen molar-refractivity contribution in [1.82, 2.24) is 15.4 Å². The van der Waals surface area contributed by atoms with Gasteiger partial charge in [0.2, 0.25) is 10.0 Å². The van der Waals surface area contributed by atoms with Gasteiger partial charge in [-0.05, 0) is 17.7 Å². The van der Waals surface area contributed by atoms with Crippen LogP contribution in [0, 0.1) is 0 Å². The van der Waals surface area contributed by atoms with E-state index in [-0.39, 0.29) is 19.6 Å². The summed E-state index contributed by atoms with van der Waals surface area (Å²) in [5, 5.41) is 5.70. The molecule has 1 aromatic rings. The summed E-state index contributed by atoms with van der Waals surface area (Å²) in [5.74, 6) is 0.359. The zero-order valence-corrected chi connectivity index (χ0v) is 13.6. The molecule has 0 fully saturated rings. The molecule has 6 nitrogen and oxygen atoms in total. The number of hydrogen-bond acceptors (Lipinski definition) is 3. The molecular formula is C13H19F3N4O2S. The Morgan fingerprint density at radius 2 is 1.91 bits per heavy atom. The molecule has 0 saturated carbocycles. The van der Waals surface area contributed by atoms with Gasteiger partial charge in [-0.3, -0.25) is 4.99 Å². The molecule has 1 rings (SSSR count). The van der Waals surface area contributed by atoms with Gasteiger partial charge >= 0.3 is 6.18 Å². The molecule has 0 bridgehead atoms. The number of benzene rings is 1. The third kappa shape index (κ3) is 7.84. The highest BCUT2D eigenvalue weighted by Gasteiger charge is 2.30. The highest BCUT2D eigenvalue weighted by molar-refractivity contribution is 7.88. The van der Waals surface area contributed by atoms with Crippen LogP contribution in [0.1, 0.15) is 11.1 Å². The molecule has 0 atom stereocenters. The minimum Gasteiger partial charge on any atom is -0.355 e. The molecule has 0 radical (unpaired) electrons. The Kier molecular flexibility index (Phi) is 6.82. The van der Waals surface area contributed by atoms with Gasteiger partial charge in [-0.2, -0.15) is 13.2 Å².